The van der Waals surface area contributed by atoms with Crippen molar-refractivity contribution < 1.29 is 13.2 Å². The highest BCUT2D eigenvalue weighted by atomic mass is 35.5. The predicted molar refractivity (Wildman–Crippen MR) is 124 cm³/mol. The highest BCUT2D eigenvalue weighted by molar-refractivity contribution is 7.92. The molecular formula is C23H31ClN2O3S. The number of nitrogens with zero attached hydrogens (tertiary/aromatic N) is 1. The van der Waals surface area contributed by atoms with Gasteiger partial charge in [-0.3, -0.25) is 9.10 Å². The molecule has 0 aliphatic heterocycles. The molecule has 2 rings (SSSR count). The Balaban J connectivity index is 2.48. The zero-order chi connectivity index (χ0) is 22.6. The van der Waals surface area contributed by atoms with Crippen molar-refractivity contribution in [2.45, 2.75) is 52.5 Å². The molecule has 0 bridgehead atoms. The largest absolute Gasteiger partial charge is 0.351 e. The van der Waals surface area contributed by atoms with Crippen LogP contribution in [0, 0.1) is 25.7 Å². The summed E-state index contributed by atoms with van der Waals surface area (Å²) in [6, 6.07) is 11.6. The van der Waals surface area contributed by atoms with E-state index in [9.17, 15) is 13.2 Å². The van der Waals surface area contributed by atoms with E-state index in [0.717, 1.165) is 9.87 Å². The maximum absolute atomic E-state index is 13.5. The highest BCUT2D eigenvalue weighted by Gasteiger charge is 2.30. The fraction of sp³-hybridized carbons (Fsp3) is 0.435. The number of hydrogen-bond acceptors (Lipinski definition) is 3. The Bertz CT molecular complexity index is 978. The van der Waals surface area contributed by atoms with E-state index in [2.05, 4.69) is 5.32 Å². The van der Waals surface area contributed by atoms with E-state index in [1.165, 1.54) is 0 Å². The van der Waals surface area contributed by atoms with Gasteiger partial charge in [-0.1, -0.05) is 63.1 Å². The highest BCUT2D eigenvalue weighted by Crippen LogP contribution is 2.29. The van der Waals surface area contributed by atoms with Crippen LogP contribution in [0.2, 0.25) is 5.02 Å². The third-order valence-corrected chi connectivity index (χ3v) is 7.11. The number of amides is 1. The first kappa shape index (κ1) is 24.2. The Morgan fingerprint density at radius 1 is 1.00 bits per heavy atom. The van der Waals surface area contributed by atoms with Gasteiger partial charge in [0.05, 0.1) is 10.6 Å². The first-order valence-electron chi connectivity index (χ1n) is 10.1. The molecule has 2 aromatic rings. The van der Waals surface area contributed by atoms with Gasteiger partial charge in [0.15, 0.2) is 0 Å². The number of carbonyl (C=O) groups is 1. The second-order valence-corrected chi connectivity index (χ2v) is 10.6. The van der Waals surface area contributed by atoms with Crippen molar-refractivity contribution in [3.63, 3.8) is 0 Å². The minimum absolute atomic E-state index is 0.0538. The predicted octanol–water partition coefficient (Wildman–Crippen LogP) is 4.95. The van der Waals surface area contributed by atoms with Crippen molar-refractivity contribution >= 4 is 33.2 Å². The molecule has 0 aliphatic rings. The maximum Gasteiger partial charge on any atom is 0.264 e. The van der Waals surface area contributed by atoms with Crippen LogP contribution in [-0.2, 0) is 14.8 Å². The van der Waals surface area contributed by atoms with Crippen molar-refractivity contribution in [2.75, 3.05) is 10.8 Å². The van der Waals surface area contributed by atoms with Gasteiger partial charge < -0.3 is 5.32 Å². The quantitative estimate of drug-likeness (QED) is 0.618. The Morgan fingerprint density at radius 2 is 1.57 bits per heavy atom. The molecule has 0 radical (unpaired) electrons. The summed E-state index contributed by atoms with van der Waals surface area (Å²) in [5.74, 6) is 0.102. The van der Waals surface area contributed by atoms with Crippen molar-refractivity contribution in [1.82, 2.24) is 5.32 Å². The molecule has 5 nitrogen and oxygen atoms in total. The summed E-state index contributed by atoms with van der Waals surface area (Å²) in [4.78, 5) is 13.1. The van der Waals surface area contributed by atoms with Crippen molar-refractivity contribution in [3.8, 4) is 0 Å². The minimum atomic E-state index is -3.97. The molecule has 30 heavy (non-hydrogen) atoms. The van der Waals surface area contributed by atoms with Crippen molar-refractivity contribution in [1.29, 1.82) is 0 Å². The van der Waals surface area contributed by atoms with Crippen LogP contribution >= 0.6 is 11.6 Å². The first-order chi connectivity index (χ1) is 13.9. The summed E-state index contributed by atoms with van der Waals surface area (Å²) in [5, 5.41) is 3.41. The van der Waals surface area contributed by atoms with Crippen LogP contribution in [0.5, 0.6) is 0 Å². The molecular weight excluding hydrogens is 420 g/mol. The topological polar surface area (TPSA) is 66.5 Å². The van der Waals surface area contributed by atoms with Crippen LogP contribution in [0.1, 0.15) is 38.8 Å². The van der Waals surface area contributed by atoms with Gasteiger partial charge in [0.25, 0.3) is 10.0 Å². The summed E-state index contributed by atoms with van der Waals surface area (Å²) in [5.41, 5.74) is 2.06. The molecule has 0 unspecified atom stereocenters. The number of hydrogen-bond donors (Lipinski definition) is 1. The second-order valence-electron chi connectivity index (χ2n) is 8.34. The molecule has 0 aromatic heterocycles. The van der Waals surface area contributed by atoms with E-state index in [0.29, 0.717) is 16.3 Å². The smallest absolute Gasteiger partial charge is 0.264 e. The molecule has 0 spiro atoms. The monoisotopic (exact) mass is 450 g/mol. The Kier molecular flexibility index (Phi) is 7.94. The third kappa shape index (κ3) is 5.76. The lowest BCUT2D eigenvalue weighted by atomic mass is 9.93. The number of anilines is 1. The van der Waals surface area contributed by atoms with Crippen LogP contribution in [-0.4, -0.2) is 26.9 Å². The van der Waals surface area contributed by atoms with Crippen LogP contribution in [0.4, 0.5) is 5.69 Å². The molecule has 7 heteroatoms. The van der Waals surface area contributed by atoms with Gasteiger partial charge in [0.1, 0.15) is 6.54 Å². The van der Waals surface area contributed by atoms with Crippen molar-refractivity contribution in [3.05, 3.63) is 58.6 Å². The number of carbonyl (C=O) groups excluding carboxylic acids is 1. The molecule has 0 atom stereocenters. The normalized spacial score (nSPS) is 11.9. The Hall–Kier alpha value is -2.05. The molecule has 0 aliphatic carbocycles. The zero-order valence-corrected chi connectivity index (χ0v) is 20.0. The summed E-state index contributed by atoms with van der Waals surface area (Å²) in [6.07, 6.45) is 0. The first-order valence-corrected chi connectivity index (χ1v) is 11.9. The summed E-state index contributed by atoms with van der Waals surface area (Å²) in [7, 11) is -3.97. The lowest BCUT2D eigenvalue weighted by Gasteiger charge is -2.29. The summed E-state index contributed by atoms with van der Waals surface area (Å²) < 4.78 is 28.1. The number of nitrogens with one attached hydrogen (secondary N) is 1. The fourth-order valence-corrected chi connectivity index (χ4v) is 5.10. The van der Waals surface area contributed by atoms with Gasteiger partial charge >= 0.3 is 0 Å². The van der Waals surface area contributed by atoms with E-state index in [-0.39, 0.29) is 35.2 Å². The number of halogens is 1. The molecule has 0 fully saturated rings. The van der Waals surface area contributed by atoms with E-state index in [1.807, 2.05) is 34.6 Å². The van der Waals surface area contributed by atoms with Gasteiger partial charge in [0, 0.05) is 11.1 Å². The average molecular weight is 451 g/mol. The average Bonchev–Trinajstić information content (AvgIpc) is 2.66. The van der Waals surface area contributed by atoms with Gasteiger partial charge in [-0.25, -0.2) is 8.42 Å². The molecule has 0 saturated heterocycles. The second kappa shape index (κ2) is 9.84. The molecule has 1 amide bonds. The Morgan fingerprint density at radius 3 is 2.10 bits per heavy atom. The van der Waals surface area contributed by atoms with E-state index >= 15 is 0 Å². The van der Waals surface area contributed by atoms with Gasteiger partial charge in [-0.05, 0) is 55.5 Å². The van der Waals surface area contributed by atoms with Gasteiger partial charge in [0.2, 0.25) is 5.91 Å². The van der Waals surface area contributed by atoms with Crippen LogP contribution in [0.3, 0.4) is 0 Å². The van der Waals surface area contributed by atoms with Crippen LogP contribution < -0.4 is 9.62 Å². The maximum atomic E-state index is 13.5. The molecule has 2 aromatic carbocycles. The summed E-state index contributed by atoms with van der Waals surface area (Å²) >= 11 is 6.16. The third-order valence-electron chi connectivity index (χ3n) is 5.10. The number of sulfonamides is 1. The van der Waals surface area contributed by atoms with Crippen molar-refractivity contribution in [2.24, 2.45) is 11.8 Å². The molecule has 164 valence electrons. The lowest BCUT2D eigenvalue weighted by molar-refractivity contribution is -0.121. The van der Waals surface area contributed by atoms with Gasteiger partial charge in [-0.15, -0.1) is 0 Å². The fourth-order valence-electron chi connectivity index (χ4n) is 3.45. The molecule has 0 saturated carbocycles. The van der Waals surface area contributed by atoms with Gasteiger partial charge in [-0.2, -0.15) is 0 Å². The number of rotatable bonds is 8. The van der Waals surface area contributed by atoms with Crippen LogP contribution in [0.25, 0.3) is 0 Å². The summed E-state index contributed by atoms with van der Waals surface area (Å²) in [6.45, 7) is 11.5. The van der Waals surface area contributed by atoms with E-state index < -0.39 is 10.0 Å². The van der Waals surface area contributed by atoms with E-state index in [4.69, 9.17) is 11.6 Å². The standard InChI is InChI=1S/C23H31ClN2O3S/c1-15(2)23(16(3)4)25-22(27)14-26(21-13-19(24)10-9-18(21)6)30(28,29)20-11-7-17(5)8-12-20/h7-13,15-16,23H,14H2,1-6H3,(H,25,27). The Labute approximate surface area is 185 Å². The minimum Gasteiger partial charge on any atom is -0.351 e. The number of benzene rings is 2. The lowest BCUT2D eigenvalue weighted by Crippen LogP contribution is -2.48. The zero-order valence-electron chi connectivity index (χ0n) is 18.4. The SMILES string of the molecule is Cc1ccc(S(=O)(=O)N(CC(=O)NC(C(C)C)C(C)C)c2cc(Cl)ccc2C)cc1. The van der Waals surface area contributed by atoms with Crippen LogP contribution in [0.15, 0.2) is 47.4 Å². The number of aryl methyl sites for hydroxylation is 2. The molecule has 1 N–H and O–H groups in total. The van der Waals surface area contributed by atoms with E-state index in [1.54, 1.807) is 49.4 Å². The molecule has 0 heterocycles.